The molecular formula is C14H20N2O3S. The molecule has 1 amide bonds. The van der Waals surface area contributed by atoms with Gasteiger partial charge >= 0.3 is 0 Å². The number of nitrogens with one attached hydrogen (secondary N) is 1. The number of anilines is 1. The first-order valence-electron chi connectivity index (χ1n) is 6.81. The Kier molecular flexibility index (Phi) is 4.32. The minimum atomic E-state index is -3.30. The maximum atomic E-state index is 12.1. The molecule has 3 N–H and O–H groups in total. The van der Waals surface area contributed by atoms with Gasteiger partial charge in [-0.05, 0) is 37.5 Å². The molecule has 0 unspecified atom stereocenters. The normalized spacial score (nSPS) is 17.9. The Morgan fingerprint density at radius 3 is 2.30 bits per heavy atom. The van der Waals surface area contributed by atoms with E-state index in [9.17, 15) is 13.2 Å². The monoisotopic (exact) mass is 296 g/mol. The van der Waals surface area contributed by atoms with E-state index in [2.05, 4.69) is 4.72 Å². The number of amides is 1. The molecular weight excluding hydrogens is 276 g/mol. The van der Waals surface area contributed by atoms with Crippen LogP contribution in [-0.2, 0) is 14.8 Å². The van der Waals surface area contributed by atoms with Crippen LogP contribution >= 0.6 is 0 Å². The molecule has 0 heterocycles. The number of hydrogen-bond acceptors (Lipinski definition) is 3. The van der Waals surface area contributed by atoms with Crippen molar-refractivity contribution in [3.05, 3.63) is 29.8 Å². The molecule has 0 bridgehead atoms. The van der Waals surface area contributed by atoms with Crippen molar-refractivity contribution < 1.29 is 13.2 Å². The van der Waals surface area contributed by atoms with Crippen LogP contribution in [0, 0.1) is 0 Å². The molecule has 0 saturated heterocycles. The van der Waals surface area contributed by atoms with E-state index in [1.807, 2.05) is 0 Å². The van der Waals surface area contributed by atoms with E-state index in [0.29, 0.717) is 5.69 Å². The highest BCUT2D eigenvalue weighted by Gasteiger charge is 2.28. The van der Waals surface area contributed by atoms with E-state index >= 15 is 0 Å². The molecule has 6 heteroatoms. The number of hydrogen-bond donors (Lipinski definition) is 2. The smallest absolute Gasteiger partial charge is 0.235 e. The van der Waals surface area contributed by atoms with Crippen LogP contribution in [0.1, 0.15) is 44.1 Å². The van der Waals surface area contributed by atoms with Crippen LogP contribution < -0.4 is 10.5 Å². The molecule has 0 aliphatic heterocycles. The van der Waals surface area contributed by atoms with E-state index in [0.717, 1.165) is 31.2 Å². The summed E-state index contributed by atoms with van der Waals surface area (Å²) in [6.07, 6.45) is 3.40. The molecule has 1 aliphatic rings. The summed E-state index contributed by atoms with van der Waals surface area (Å²) in [5, 5.41) is -0.285. The van der Waals surface area contributed by atoms with Crippen LogP contribution in [0.5, 0.6) is 0 Å². The van der Waals surface area contributed by atoms with Crippen molar-refractivity contribution in [3.63, 3.8) is 0 Å². The average molecular weight is 296 g/mol. The molecule has 110 valence electrons. The third-order valence-electron chi connectivity index (χ3n) is 3.84. The van der Waals surface area contributed by atoms with Crippen LogP contribution in [0.4, 0.5) is 5.69 Å². The van der Waals surface area contributed by atoms with Gasteiger partial charge in [-0.1, -0.05) is 25.0 Å². The summed E-state index contributed by atoms with van der Waals surface area (Å²) in [4.78, 5) is 11.1. The summed E-state index contributed by atoms with van der Waals surface area (Å²) in [6, 6.07) is 6.78. The van der Waals surface area contributed by atoms with Crippen molar-refractivity contribution in [2.24, 2.45) is 5.73 Å². The van der Waals surface area contributed by atoms with Gasteiger partial charge in [0.25, 0.3) is 0 Å². The Morgan fingerprint density at radius 1 is 1.25 bits per heavy atom. The van der Waals surface area contributed by atoms with Crippen LogP contribution in [0.2, 0.25) is 0 Å². The van der Waals surface area contributed by atoms with Gasteiger partial charge in [-0.3, -0.25) is 9.52 Å². The number of rotatable bonds is 5. The number of carbonyl (C=O) groups is 1. The molecule has 1 aliphatic carbocycles. The summed E-state index contributed by atoms with van der Waals surface area (Å²) in [5.41, 5.74) is 6.54. The number of primary amides is 1. The molecule has 0 aromatic heterocycles. The summed E-state index contributed by atoms with van der Waals surface area (Å²) in [6.45, 7) is 1.72. The fourth-order valence-electron chi connectivity index (χ4n) is 2.45. The largest absolute Gasteiger partial charge is 0.369 e. The van der Waals surface area contributed by atoms with Crippen molar-refractivity contribution in [1.82, 2.24) is 0 Å². The van der Waals surface area contributed by atoms with E-state index in [1.165, 1.54) is 0 Å². The molecule has 0 spiro atoms. The lowest BCUT2D eigenvalue weighted by Crippen LogP contribution is -2.25. The van der Waals surface area contributed by atoms with Gasteiger partial charge in [0, 0.05) is 5.69 Å². The molecule has 1 fully saturated rings. The third kappa shape index (κ3) is 3.30. The maximum absolute atomic E-state index is 12.1. The van der Waals surface area contributed by atoms with Gasteiger partial charge in [-0.15, -0.1) is 0 Å². The molecule has 20 heavy (non-hydrogen) atoms. The van der Waals surface area contributed by atoms with Crippen molar-refractivity contribution >= 4 is 21.6 Å². The van der Waals surface area contributed by atoms with Crippen LogP contribution in [-0.4, -0.2) is 19.6 Å². The average Bonchev–Trinajstić information content (AvgIpc) is 2.93. The van der Waals surface area contributed by atoms with E-state index in [-0.39, 0.29) is 11.2 Å². The Bertz CT molecular complexity index is 575. The number of benzene rings is 1. The zero-order valence-corrected chi connectivity index (χ0v) is 12.3. The topological polar surface area (TPSA) is 89.3 Å². The highest BCUT2D eigenvalue weighted by Crippen LogP contribution is 2.26. The van der Waals surface area contributed by atoms with Crippen LogP contribution in [0.3, 0.4) is 0 Å². The van der Waals surface area contributed by atoms with Crippen molar-refractivity contribution in [3.8, 4) is 0 Å². The minimum absolute atomic E-state index is 0.285. The van der Waals surface area contributed by atoms with E-state index < -0.39 is 15.9 Å². The summed E-state index contributed by atoms with van der Waals surface area (Å²) in [7, 11) is -3.30. The highest BCUT2D eigenvalue weighted by molar-refractivity contribution is 7.93. The maximum Gasteiger partial charge on any atom is 0.235 e. The summed E-state index contributed by atoms with van der Waals surface area (Å²) in [5.74, 6) is -0.778. The number of nitrogens with two attached hydrogens (primary N) is 1. The number of sulfonamides is 1. The quantitative estimate of drug-likeness (QED) is 0.870. The first-order valence-corrected chi connectivity index (χ1v) is 8.35. The Hall–Kier alpha value is -1.56. The molecule has 2 rings (SSSR count). The first-order chi connectivity index (χ1) is 9.40. The predicted octanol–water partition coefficient (Wildman–Crippen LogP) is 1.96. The standard InChI is InChI=1S/C14H20N2O3S/c1-10(14(15)17)11-6-8-12(9-7-11)16-20(18,19)13-4-2-3-5-13/h6-10,13,16H,2-5H2,1H3,(H2,15,17)/t10-/m1/s1. The lowest BCUT2D eigenvalue weighted by Gasteiger charge is -2.14. The Balaban J connectivity index is 2.09. The molecule has 1 aromatic carbocycles. The van der Waals surface area contributed by atoms with Gasteiger partial charge in [-0.25, -0.2) is 8.42 Å². The van der Waals surface area contributed by atoms with Crippen molar-refractivity contribution in [2.45, 2.75) is 43.8 Å². The van der Waals surface area contributed by atoms with Crippen molar-refractivity contribution in [2.75, 3.05) is 4.72 Å². The zero-order valence-electron chi connectivity index (χ0n) is 11.5. The van der Waals surface area contributed by atoms with Gasteiger partial charge in [-0.2, -0.15) is 0 Å². The molecule has 5 nitrogen and oxygen atoms in total. The minimum Gasteiger partial charge on any atom is -0.369 e. The van der Waals surface area contributed by atoms with Gasteiger partial charge in [0.15, 0.2) is 0 Å². The summed E-state index contributed by atoms with van der Waals surface area (Å²) >= 11 is 0. The first kappa shape index (κ1) is 14.8. The van der Waals surface area contributed by atoms with Gasteiger partial charge in [0.1, 0.15) is 0 Å². The fraction of sp³-hybridized carbons (Fsp3) is 0.500. The fourth-order valence-corrected chi connectivity index (χ4v) is 4.04. The Morgan fingerprint density at radius 2 is 1.80 bits per heavy atom. The molecule has 1 atom stereocenters. The molecule has 1 saturated carbocycles. The lowest BCUT2D eigenvalue weighted by molar-refractivity contribution is -0.119. The van der Waals surface area contributed by atoms with Gasteiger partial charge in [0.05, 0.1) is 11.2 Å². The second kappa shape index (κ2) is 5.83. The summed E-state index contributed by atoms with van der Waals surface area (Å²) < 4.78 is 26.9. The second-order valence-electron chi connectivity index (χ2n) is 5.30. The highest BCUT2D eigenvalue weighted by atomic mass is 32.2. The van der Waals surface area contributed by atoms with Crippen molar-refractivity contribution in [1.29, 1.82) is 0 Å². The number of carbonyl (C=O) groups excluding carboxylic acids is 1. The van der Waals surface area contributed by atoms with E-state index in [4.69, 9.17) is 5.73 Å². The van der Waals surface area contributed by atoms with Crippen LogP contribution in [0.25, 0.3) is 0 Å². The molecule has 0 radical (unpaired) electrons. The predicted molar refractivity (Wildman–Crippen MR) is 78.8 cm³/mol. The Labute approximate surface area is 119 Å². The lowest BCUT2D eigenvalue weighted by atomic mass is 10.0. The second-order valence-corrected chi connectivity index (χ2v) is 7.26. The SMILES string of the molecule is C[C@@H](C(N)=O)c1ccc(NS(=O)(=O)C2CCCC2)cc1. The van der Waals surface area contributed by atoms with Gasteiger partial charge in [0.2, 0.25) is 15.9 Å². The molecule has 1 aromatic rings. The van der Waals surface area contributed by atoms with E-state index in [1.54, 1.807) is 31.2 Å². The van der Waals surface area contributed by atoms with Gasteiger partial charge < -0.3 is 5.73 Å². The zero-order chi connectivity index (χ0) is 14.8. The third-order valence-corrected chi connectivity index (χ3v) is 5.71. The van der Waals surface area contributed by atoms with Crippen LogP contribution in [0.15, 0.2) is 24.3 Å².